The van der Waals surface area contributed by atoms with Crippen molar-refractivity contribution in [2.75, 3.05) is 46.6 Å². The van der Waals surface area contributed by atoms with Crippen molar-refractivity contribution in [2.24, 2.45) is 11.8 Å². The van der Waals surface area contributed by atoms with Crippen LogP contribution in [0.5, 0.6) is 0 Å². The summed E-state index contributed by atoms with van der Waals surface area (Å²) in [5, 5.41) is 19.6. The highest BCUT2D eigenvalue weighted by Crippen LogP contribution is 2.28. The van der Waals surface area contributed by atoms with E-state index in [9.17, 15) is 19.1 Å². The molecule has 0 spiro atoms. The number of carbonyl (C=O) groups excluding carboxylic acids is 2. The van der Waals surface area contributed by atoms with Crippen LogP contribution >= 0.6 is 0 Å². The van der Waals surface area contributed by atoms with Gasteiger partial charge in [-0.05, 0) is 71.4 Å². The van der Waals surface area contributed by atoms with Crippen LogP contribution in [0.1, 0.15) is 77.0 Å². The molecule has 0 aliphatic carbocycles. The van der Waals surface area contributed by atoms with Crippen LogP contribution in [0.4, 0.5) is 9.18 Å². The van der Waals surface area contributed by atoms with E-state index in [4.69, 9.17) is 14.2 Å². The number of carbonyl (C=O) groups is 2. The molecule has 2 amide bonds. The molecule has 0 saturated carbocycles. The summed E-state index contributed by atoms with van der Waals surface area (Å²) >= 11 is 0. The van der Waals surface area contributed by atoms with E-state index in [-0.39, 0.29) is 48.8 Å². The van der Waals surface area contributed by atoms with E-state index in [1.165, 1.54) is 10.7 Å². The van der Waals surface area contributed by atoms with Crippen LogP contribution in [0, 0.1) is 17.7 Å². The van der Waals surface area contributed by atoms with Crippen molar-refractivity contribution in [2.45, 2.75) is 85.0 Å². The van der Waals surface area contributed by atoms with Crippen molar-refractivity contribution in [1.29, 1.82) is 0 Å². The standard InChI is InChI=1S/C32H50FN5O6/c1-8-43-21-28(39)23-17-24(20-36(19-23)31(41)44-32(4,5)6)37(18-22(2)3)30(40)29-27(15-11-12-16-42-7)38(35-34-29)26-14-10-9-13-25(26)33/h9-10,13-14,22-24,28,39H,8,11-12,15-21H2,1-7H3/t23-,24+,28?/m1/s1. The summed E-state index contributed by atoms with van der Waals surface area (Å²) < 4.78 is 32.7. The van der Waals surface area contributed by atoms with E-state index in [2.05, 4.69) is 10.3 Å². The predicted molar refractivity (Wildman–Crippen MR) is 164 cm³/mol. The summed E-state index contributed by atoms with van der Waals surface area (Å²) in [6.07, 6.45) is 0.980. The van der Waals surface area contributed by atoms with E-state index in [1.54, 1.807) is 55.9 Å². The predicted octanol–water partition coefficient (Wildman–Crippen LogP) is 4.50. The molecule has 1 saturated heterocycles. The molecule has 1 N–H and O–H groups in total. The second-order valence-corrected chi connectivity index (χ2v) is 12.8. The van der Waals surface area contributed by atoms with Gasteiger partial charge in [-0.25, -0.2) is 13.9 Å². The number of hydrogen-bond acceptors (Lipinski definition) is 8. The van der Waals surface area contributed by atoms with E-state index in [1.807, 2.05) is 20.8 Å². The molecule has 1 aromatic heterocycles. The molecule has 3 rings (SSSR count). The van der Waals surface area contributed by atoms with Crippen LogP contribution in [0.2, 0.25) is 0 Å². The Bertz CT molecular complexity index is 1220. The van der Waals surface area contributed by atoms with Gasteiger partial charge >= 0.3 is 6.09 Å². The fourth-order valence-corrected chi connectivity index (χ4v) is 5.44. The molecule has 1 aliphatic rings. The number of halogens is 1. The first-order valence-corrected chi connectivity index (χ1v) is 15.6. The van der Waals surface area contributed by atoms with Gasteiger partial charge in [0, 0.05) is 45.9 Å². The van der Waals surface area contributed by atoms with Gasteiger partial charge in [0.1, 0.15) is 17.1 Å². The van der Waals surface area contributed by atoms with Gasteiger partial charge < -0.3 is 29.1 Å². The number of rotatable bonds is 14. The molecule has 246 valence electrons. The fourth-order valence-electron chi connectivity index (χ4n) is 5.44. The third-order valence-corrected chi connectivity index (χ3v) is 7.47. The number of likely N-dealkylation sites (tertiary alicyclic amines) is 1. The lowest BCUT2D eigenvalue weighted by molar-refractivity contribution is -0.0400. The molecular formula is C32H50FN5O6. The van der Waals surface area contributed by atoms with Gasteiger partial charge in [-0.2, -0.15) is 0 Å². The topological polar surface area (TPSA) is 119 Å². The van der Waals surface area contributed by atoms with Gasteiger partial charge in [-0.3, -0.25) is 4.79 Å². The number of ether oxygens (including phenoxy) is 3. The Labute approximate surface area is 260 Å². The minimum absolute atomic E-state index is 0.0921. The molecule has 1 fully saturated rings. The van der Waals surface area contributed by atoms with Crippen molar-refractivity contribution >= 4 is 12.0 Å². The Hall–Kier alpha value is -3.09. The van der Waals surface area contributed by atoms with Crippen LogP contribution in [-0.4, -0.2) is 106 Å². The van der Waals surface area contributed by atoms with Crippen LogP contribution in [0.15, 0.2) is 24.3 Å². The lowest BCUT2D eigenvalue weighted by atomic mass is 9.88. The SMILES string of the molecule is CCOCC(O)[C@@H]1C[C@H](N(CC(C)C)C(=O)c2nnn(-c3ccccc3F)c2CCCCOC)CN(C(=O)OC(C)(C)C)C1. The zero-order valence-corrected chi connectivity index (χ0v) is 27.3. The van der Waals surface area contributed by atoms with E-state index in [0.717, 1.165) is 6.42 Å². The Kier molecular flexibility index (Phi) is 13.1. The number of aromatic nitrogens is 3. The molecule has 44 heavy (non-hydrogen) atoms. The van der Waals surface area contributed by atoms with Crippen molar-refractivity contribution in [3.05, 3.63) is 41.5 Å². The Morgan fingerprint density at radius 1 is 1.18 bits per heavy atom. The highest BCUT2D eigenvalue weighted by molar-refractivity contribution is 5.93. The largest absolute Gasteiger partial charge is 0.444 e. The smallest absolute Gasteiger partial charge is 0.410 e. The number of para-hydroxylation sites is 1. The average Bonchev–Trinajstić information content (AvgIpc) is 3.39. The summed E-state index contributed by atoms with van der Waals surface area (Å²) in [4.78, 5) is 31.0. The summed E-state index contributed by atoms with van der Waals surface area (Å²) in [6.45, 7) is 13.3. The molecule has 1 unspecified atom stereocenters. The monoisotopic (exact) mass is 619 g/mol. The Morgan fingerprint density at radius 2 is 1.91 bits per heavy atom. The summed E-state index contributed by atoms with van der Waals surface area (Å²) in [6, 6.07) is 5.82. The lowest BCUT2D eigenvalue weighted by Crippen LogP contribution is -2.57. The normalized spacial score (nSPS) is 18.0. The number of aliphatic hydroxyl groups excluding tert-OH is 1. The van der Waals surface area contributed by atoms with Crippen LogP contribution in [-0.2, 0) is 20.6 Å². The first-order valence-electron chi connectivity index (χ1n) is 15.6. The number of methoxy groups -OCH3 is 1. The highest BCUT2D eigenvalue weighted by Gasteiger charge is 2.40. The maximum Gasteiger partial charge on any atom is 0.410 e. The van der Waals surface area contributed by atoms with Crippen molar-refractivity contribution in [3.63, 3.8) is 0 Å². The molecule has 0 radical (unpaired) electrons. The summed E-state index contributed by atoms with van der Waals surface area (Å²) in [5.41, 5.74) is 0.161. The van der Waals surface area contributed by atoms with Gasteiger partial charge in [0.05, 0.1) is 24.4 Å². The minimum Gasteiger partial charge on any atom is -0.444 e. The molecular weight excluding hydrogens is 569 g/mol. The average molecular weight is 620 g/mol. The first-order chi connectivity index (χ1) is 20.9. The first kappa shape index (κ1) is 35.4. The minimum atomic E-state index is -0.836. The number of unbranched alkanes of at least 4 members (excludes halogenated alkanes) is 1. The van der Waals surface area contributed by atoms with Gasteiger partial charge in [0.25, 0.3) is 5.91 Å². The molecule has 0 bridgehead atoms. The highest BCUT2D eigenvalue weighted by atomic mass is 19.1. The molecule has 2 aromatic rings. The van der Waals surface area contributed by atoms with E-state index < -0.39 is 29.7 Å². The maximum absolute atomic E-state index is 14.9. The Balaban J connectivity index is 2.01. The number of piperidine rings is 1. The van der Waals surface area contributed by atoms with Crippen molar-refractivity contribution < 1.29 is 33.3 Å². The third kappa shape index (κ3) is 9.70. The van der Waals surface area contributed by atoms with Crippen molar-refractivity contribution in [3.8, 4) is 5.69 Å². The van der Waals surface area contributed by atoms with Crippen LogP contribution in [0.25, 0.3) is 5.69 Å². The van der Waals surface area contributed by atoms with Gasteiger partial charge in [0.15, 0.2) is 5.69 Å². The van der Waals surface area contributed by atoms with Gasteiger partial charge in [0.2, 0.25) is 0 Å². The number of benzene rings is 1. The number of hydrogen-bond donors (Lipinski definition) is 1. The molecule has 3 atom stereocenters. The lowest BCUT2D eigenvalue weighted by Gasteiger charge is -2.44. The quantitative estimate of drug-likeness (QED) is 0.307. The summed E-state index contributed by atoms with van der Waals surface area (Å²) in [7, 11) is 1.63. The van der Waals surface area contributed by atoms with Crippen LogP contribution < -0.4 is 0 Å². The second kappa shape index (κ2) is 16.3. The van der Waals surface area contributed by atoms with E-state index in [0.29, 0.717) is 44.7 Å². The zero-order valence-electron chi connectivity index (χ0n) is 27.3. The number of aliphatic hydroxyl groups is 1. The maximum atomic E-state index is 14.9. The number of amides is 2. The van der Waals surface area contributed by atoms with Crippen LogP contribution in [0.3, 0.4) is 0 Å². The third-order valence-electron chi connectivity index (χ3n) is 7.47. The molecule has 11 nitrogen and oxygen atoms in total. The van der Waals surface area contributed by atoms with Gasteiger partial charge in [-0.1, -0.05) is 31.2 Å². The number of nitrogens with zero attached hydrogens (tertiary/aromatic N) is 5. The van der Waals surface area contributed by atoms with E-state index >= 15 is 0 Å². The summed E-state index contributed by atoms with van der Waals surface area (Å²) in [5.74, 6) is -1.08. The van der Waals surface area contributed by atoms with Gasteiger partial charge in [-0.15, -0.1) is 5.10 Å². The zero-order chi connectivity index (χ0) is 32.4. The molecule has 2 heterocycles. The molecule has 12 heteroatoms. The second-order valence-electron chi connectivity index (χ2n) is 12.8. The fraction of sp³-hybridized carbons (Fsp3) is 0.688. The molecule has 1 aliphatic heterocycles. The van der Waals surface area contributed by atoms with Crippen molar-refractivity contribution in [1.82, 2.24) is 24.8 Å². The molecule has 1 aromatic carbocycles. The Morgan fingerprint density at radius 3 is 2.55 bits per heavy atom.